The van der Waals surface area contributed by atoms with Crippen molar-refractivity contribution >= 4 is 9.84 Å². The van der Waals surface area contributed by atoms with Crippen molar-refractivity contribution in [2.45, 2.75) is 43.4 Å². The third kappa shape index (κ3) is 2.12. The summed E-state index contributed by atoms with van der Waals surface area (Å²) in [5.41, 5.74) is 0. The van der Waals surface area contributed by atoms with E-state index in [1.807, 2.05) is 0 Å². The van der Waals surface area contributed by atoms with Crippen molar-refractivity contribution in [3.05, 3.63) is 11.3 Å². The van der Waals surface area contributed by atoms with Crippen LogP contribution in [0, 0.1) is 0 Å². The van der Waals surface area contributed by atoms with Gasteiger partial charge in [-0.3, -0.25) is 0 Å². The first-order valence-electron chi connectivity index (χ1n) is 6.43. The summed E-state index contributed by atoms with van der Waals surface area (Å²) < 4.78 is 29.5. The maximum atomic E-state index is 12.2. The average molecular weight is 274 g/mol. The van der Waals surface area contributed by atoms with Gasteiger partial charge >= 0.3 is 0 Å². The molecule has 18 heavy (non-hydrogen) atoms. The molecule has 1 aliphatic heterocycles. The predicted octanol–water partition coefficient (Wildman–Crippen LogP) is 0.573. The van der Waals surface area contributed by atoms with Gasteiger partial charge in [-0.25, -0.2) is 8.42 Å². The number of methoxy groups -OCH3 is 1. The fourth-order valence-electron chi connectivity index (χ4n) is 3.00. The number of ether oxygens (including phenoxy) is 1. The van der Waals surface area contributed by atoms with Gasteiger partial charge in [0.05, 0.1) is 0 Å². The molecule has 6 heteroatoms. The molecule has 0 N–H and O–H groups in total. The fraction of sp³-hybridized carbons (Fsp3) is 0.833. The van der Waals surface area contributed by atoms with E-state index in [1.165, 1.54) is 0 Å². The van der Waals surface area contributed by atoms with Crippen LogP contribution in [0.25, 0.3) is 0 Å². The Balaban J connectivity index is 2.22. The lowest BCUT2D eigenvalue weighted by atomic mass is 9.93. The molecule has 0 aromatic rings. The molecule has 1 spiro atoms. The van der Waals surface area contributed by atoms with Gasteiger partial charge in [0.25, 0.3) is 0 Å². The minimum Gasteiger partial charge on any atom is -0.860 e. The molecule has 1 saturated carbocycles. The van der Waals surface area contributed by atoms with E-state index in [1.54, 1.807) is 12.0 Å². The number of hydrogen-bond donors (Lipinski definition) is 0. The summed E-state index contributed by atoms with van der Waals surface area (Å²) >= 11 is 0. The Morgan fingerprint density at radius 3 is 2.67 bits per heavy atom. The monoisotopic (exact) mass is 274 g/mol. The topological polar surface area (TPSA) is 69.7 Å². The van der Waals surface area contributed by atoms with Gasteiger partial charge in [0.2, 0.25) is 0 Å². The molecule has 0 atom stereocenters. The Morgan fingerprint density at radius 1 is 1.39 bits per heavy atom. The number of rotatable bonds is 4. The minimum absolute atomic E-state index is 0.354. The maximum Gasteiger partial charge on any atom is 0.196 e. The van der Waals surface area contributed by atoms with Gasteiger partial charge < -0.3 is 14.7 Å². The Bertz CT molecular complexity index is 423. The van der Waals surface area contributed by atoms with E-state index in [0.717, 1.165) is 24.7 Å². The van der Waals surface area contributed by atoms with Crippen LogP contribution < -0.4 is 5.11 Å². The zero-order valence-electron chi connectivity index (χ0n) is 10.7. The van der Waals surface area contributed by atoms with E-state index in [-0.39, 0.29) is 5.88 Å². The lowest BCUT2D eigenvalue weighted by molar-refractivity contribution is -0.336. The summed E-state index contributed by atoms with van der Waals surface area (Å²) in [4.78, 5) is 0.608. The van der Waals surface area contributed by atoms with Crippen LogP contribution in [0.15, 0.2) is 11.3 Å². The number of sulfone groups is 1. The van der Waals surface area contributed by atoms with Gasteiger partial charge in [-0.15, -0.1) is 0 Å². The molecule has 0 aromatic carbocycles. The molecule has 0 unspecified atom stereocenters. The fourth-order valence-corrected chi connectivity index (χ4v) is 4.96. The molecule has 0 aromatic heterocycles. The lowest BCUT2D eigenvalue weighted by Gasteiger charge is -2.44. The third-order valence-corrected chi connectivity index (χ3v) is 6.11. The van der Waals surface area contributed by atoms with Crippen LogP contribution >= 0.6 is 0 Å². The quantitative estimate of drug-likeness (QED) is 0.701. The first-order valence-corrected chi connectivity index (χ1v) is 7.98. The largest absolute Gasteiger partial charge is 0.860 e. The van der Waals surface area contributed by atoms with Gasteiger partial charge in [0.1, 0.15) is 4.87 Å². The van der Waals surface area contributed by atoms with E-state index in [0.29, 0.717) is 32.4 Å². The Labute approximate surface area is 108 Å². The molecule has 104 valence electrons. The van der Waals surface area contributed by atoms with Crippen LogP contribution in [0.5, 0.6) is 0 Å². The summed E-state index contributed by atoms with van der Waals surface area (Å²) in [5, 5.41) is 12.8. The van der Waals surface area contributed by atoms with E-state index in [2.05, 4.69) is 0 Å². The summed E-state index contributed by atoms with van der Waals surface area (Å²) in [7, 11) is -1.83. The van der Waals surface area contributed by atoms with E-state index >= 15 is 0 Å². The van der Waals surface area contributed by atoms with E-state index in [9.17, 15) is 13.5 Å². The second-order valence-corrected chi connectivity index (χ2v) is 7.09. The first kappa shape index (κ1) is 13.7. The van der Waals surface area contributed by atoms with Crippen LogP contribution in [-0.4, -0.2) is 38.5 Å². The highest BCUT2D eigenvalue weighted by molar-refractivity contribution is 7.95. The van der Waals surface area contributed by atoms with Gasteiger partial charge in [-0.2, -0.15) is 0 Å². The lowest BCUT2D eigenvalue weighted by Crippen LogP contribution is -2.52. The Kier molecular flexibility index (Phi) is 3.87. The van der Waals surface area contributed by atoms with Crippen molar-refractivity contribution in [1.82, 2.24) is 4.90 Å². The minimum atomic E-state index is -3.43. The summed E-state index contributed by atoms with van der Waals surface area (Å²) in [5.74, 6) is -0.354. The first-order chi connectivity index (χ1) is 8.53. The van der Waals surface area contributed by atoms with E-state index in [4.69, 9.17) is 4.74 Å². The maximum absolute atomic E-state index is 12.2. The standard InChI is InChI=1S/C12H21NO4S/c1-17-9-5-8-13-11(14)10-18(15,16)12(13)6-3-2-4-7-12/h10,14H,2-9H2,1H3/p-1. The molecule has 5 nitrogen and oxygen atoms in total. The van der Waals surface area contributed by atoms with Crippen molar-refractivity contribution in [2.75, 3.05) is 20.3 Å². The van der Waals surface area contributed by atoms with Crippen LogP contribution in [0.2, 0.25) is 0 Å². The SMILES string of the molecule is COCCCN1C([O-])=CS(=O)(=O)C12CCCCC2. The van der Waals surface area contributed by atoms with Crippen LogP contribution in [0.1, 0.15) is 38.5 Å². The summed E-state index contributed by atoms with van der Waals surface area (Å²) in [6.45, 7) is 1.00. The molecule has 0 bridgehead atoms. The Hall–Kier alpha value is -0.750. The van der Waals surface area contributed by atoms with Gasteiger partial charge in [-0.1, -0.05) is 19.3 Å². The number of nitrogens with zero attached hydrogens (tertiary/aromatic N) is 1. The number of hydrogen-bond acceptors (Lipinski definition) is 5. The van der Waals surface area contributed by atoms with Crippen LogP contribution in [0.4, 0.5) is 0 Å². The van der Waals surface area contributed by atoms with E-state index < -0.39 is 14.7 Å². The van der Waals surface area contributed by atoms with Gasteiger partial charge in [0, 0.05) is 25.7 Å². The second kappa shape index (κ2) is 5.09. The molecule has 0 radical (unpaired) electrons. The molecule has 2 aliphatic rings. The highest BCUT2D eigenvalue weighted by atomic mass is 32.2. The molecular weight excluding hydrogens is 254 g/mol. The second-order valence-electron chi connectivity index (χ2n) is 5.01. The van der Waals surface area contributed by atoms with Crippen molar-refractivity contribution in [3.63, 3.8) is 0 Å². The Morgan fingerprint density at radius 2 is 2.06 bits per heavy atom. The van der Waals surface area contributed by atoms with Crippen molar-refractivity contribution < 1.29 is 18.3 Å². The highest BCUT2D eigenvalue weighted by Gasteiger charge is 2.50. The smallest absolute Gasteiger partial charge is 0.196 e. The van der Waals surface area contributed by atoms with Crippen LogP contribution in [0.3, 0.4) is 0 Å². The molecule has 2 rings (SSSR count). The predicted molar refractivity (Wildman–Crippen MR) is 66.0 cm³/mol. The molecule has 0 amide bonds. The average Bonchev–Trinajstić information content (AvgIpc) is 2.50. The molecular formula is C12H20NO4S-. The zero-order chi connectivity index (χ0) is 13.2. The third-order valence-electron chi connectivity index (χ3n) is 3.91. The van der Waals surface area contributed by atoms with Crippen molar-refractivity contribution in [1.29, 1.82) is 0 Å². The molecule has 0 saturated heterocycles. The summed E-state index contributed by atoms with van der Waals surface area (Å²) in [6.07, 6.45) is 4.63. The molecule has 1 fully saturated rings. The van der Waals surface area contributed by atoms with Crippen LogP contribution in [-0.2, 0) is 14.6 Å². The van der Waals surface area contributed by atoms with Gasteiger partial charge in [-0.05, 0) is 25.1 Å². The van der Waals surface area contributed by atoms with Gasteiger partial charge in [0.15, 0.2) is 9.84 Å². The molecule has 1 aliphatic carbocycles. The van der Waals surface area contributed by atoms with Crippen molar-refractivity contribution in [3.8, 4) is 0 Å². The highest BCUT2D eigenvalue weighted by Crippen LogP contribution is 2.44. The summed E-state index contributed by atoms with van der Waals surface area (Å²) in [6, 6.07) is 0. The molecule has 1 heterocycles. The zero-order valence-corrected chi connectivity index (χ0v) is 11.5. The normalized spacial score (nSPS) is 25.4. The van der Waals surface area contributed by atoms with Crippen molar-refractivity contribution in [2.24, 2.45) is 0 Å².